The van der Waals surface area contributed by atoms with Crippen molar-refractivity contribution in [3.8, 4) is 6.07 Å². The van der Waals surface area contributed by atoms with Crippen LogP contribution in [0.2, 0.25) is 5.02 Å². The van der Waals surface area contributed by atoms with Gasteiger partial charge in [0, 0.05) is 48.2 Å². The summed E-state index contributed by atoms with van der Waals surface area (Å²) in [4.78, 5) is 25.6. The molecule has 0 aliphatic carbocycles. The highest BCUT2D eigenvalue weighted by Crippen LogP contribution is 2.24. The fourth-order valence-electron chi connectivity index (χ4n) is 3.48. The fourth-order valence-corrected chi connectivity index (χ4v) is 3.64. The van der Waals surface area contributed by atoms with Crippen molar-refractivity contribution < 1.29 is 4.79 Å². The van der Waals surface area contributed by atoms with Gasteiger partial charge in [0.2, 0.25) is 0 Å². The maximum absolute atomic E-state index is 12.7. The minimum atomic E-state index is -0.217. The smallest absolute Gasteiger partial charge is 0.251 e. The van der Waals surface area contributed by atoms with Gasteiger partial charge in [-0.15, -0.1) is 0 Å². The van der Waals surface area contributed by atoms with Crippen molar-refractivity contribution in [2.75, 3.05) is 5.73 Å². The summed E-state index contributed by atoms with van der Waals surface area (Å²) in [6, 6.07) is 12.7. The number of carbonyl (C=O) groups excluding carboxylic acids is 1. The molecule has 7 nitrogen and oxygen atoms in total. The van der Waals surface area contributed by atoms with E-state index < -0.39 is 0 Å². The molecule has 0 fully saturated rings. The normalized spacial score (nSPS) is 10.7. The topological polar surface area (TPSA) is 118 Å². The molecule has 32 heavy (non-hydrogen) atoms. The Morgan fingerprint density at radius 2 is 1.97 bits per heavy atom. The van der Waals surface area contributed by atoms with Crippen LogP contribution >= 0.6 is 11.6 Å². The number of fused-ring (bicyclic) bond motifs is 1. The third-order valence-corrected chi connectivity index (χ3v) is 5.29. The highest BCUT2D eigenvalue weighted by atomic mass is 35.5. The lowest BCUT2D eigenvalue weighted by Gasteiger charge is -2.10. The first-order valence-corrected chi connectivity index (χ1v) is 10.2. The highest BCUT2D eigenvalue weighted by molar-refractivity contribution is 6.31. The molecule has 4 rings (SSSR count). The van der Waals surface area contributed by atoms with Gasteiger partial charge >= 0.3 is 0 Å². The van der Waals surface area contributed by atoms with Gasteiger partial charge in [0.25, 0.3) is 5.91 Å². The van der Waals surface area contributed by atoms with Crippen LogP contribution in [0.1, 0.15) is 38.3 Å². The van der Waals surface area contributed by atoms with Crippen LogP contribution in [0.5, 0.6) is 0 Å². The number of anilines is 1. The van der Waals surface area contributed by atoms with Gasteiger partial charge in [0.1, 0.15) is 5.82 Å². The summed E-state index contributed by atoms with van der Waals surface area (Å²) in [5.41, 5.74) is 10.8. The lowest BCUT2D eigenvalue weighted by atomic mass is 10.0. The van der Waals surface area contributed by atoms with E-state index in [1.54, 1.807) is 55.0 Å². The average molecular weight is 443 g/mol. The number of aromatic nitrogens is 3. The number of benzene rings is 1. The number of pyridine rings is 3. The average Bonchev–Trinajstić information content (AvgIpc) is 2.78. The SMILES string of the molecule is Cc1cc(N)ncc1CNC(=O)c1ccnc(Cc2cc(C#N)cc3cc(Cl)cnc23)c1. The van der Waals surface area contributed by atoms with Crippen LogP contribution in [0.15, 0.2) is 55.0 Å². The summed E-state index contributed by atoms with van der Waals surface area (Å²) < 4.78 is 0. The zero-order chi connectivity index (χ0) is 22.7. The molecule has 3 heterocycles. The Kier molecular flexibility index (Phi) is 5.97. The summed E-state index contributed by atoms with van der Waals surface area (Å²) in [7, 11) is 0. The summed E-state index contributed by atoms with van der Waals surface area (Å²) in [5.74, 6) is 0.228. The Hall–Kier alpha value is -4.02. The van der Waals surface area contributed by atoms with Crippen LogP contribution in [0.4, 0.5) is 5.82 Å². The molecule has 1 aromatic carbocycles. The van der Waals surface area contributed by atoms with Crippen molar-refractivity contribution in [3.63, 3.8) is 0 Å². The molecule has 0 bridgehead atoms. The minimum absolute atomic E-state index is 0.217. The Bertz CT molecular complexity index is 1380. The Morgan fingerprint density at radius 3 is 2.75 bits per heavy atom. The number of hydrogen-bond acceptors (Lipinski definition) is 6. The largest absolute Gasteiger partial charge is 0.384 e. The summed E-state index contributed by atoms with van der Waals surface area (Å²) in [5, 5.41) is 13.6. The number of amides is 1. The third-order valence-electron chi connectivity index (χ3n) is 5.09. The fraction of sp³-hybridized carbons (Fsp3) is 0.125. The second-order valence-electron chi connectivity index (χ2n) is 7.40. The predicted octanol–water partition coefficient (Wildman–Crippen LogP) is 3.96. The second kappa shape index (κ2) is 9.00. The summed E-state index contributed by atoms with van der Waals surface area (Å²) >= 11 is 6.06. The quantitative estimate of drug-likeness (QED) is 0.483. The Balaban J connectivity index is 1.56. The Morgan fingerprint density at radius 1 is 1.12 bits per heavy atom. The van der Waals surface area contributed by atoms with Gasteiger partial charge in [0.15, 0.2) is 0 Å². The van der Waals surface area contributed by atoms with E-state index in [0.29, 0.717) is 40.6 Å². The van der Waals surface area contributed by atoms with Crippen molar-refractivity contribution in [1.82, 2.24) is 20.3 Å². The van der Waals surface area contributed by atoms with E-state index in [9.17, 15) is 10.1 Å². The summed E-state index contributed by atoms with van der Waals surface area (Å²) in [6.07, 6.45) is 5.25. The predicted molar refractivity (Wildman–Crippen MR) is 123 cm³/mol. The van der Waals surface area contributed by atoms with Crippen LogP contribution in [0.3, 0.4) is 0 Å². The highest BCUT2D eigenvalue weighted by Gasteiger charge is 2.12. The number of halogens is 1. The first-order valence-electron chi connectivity index (χ1n) is 9.85. The lowest BCUT2D eigenvalue weighted by Crippen LogP contribution is -2.23. The standard InChI is InChI=1S/C24H19ClN6O/c1-14-4-22(27)29-11-19(14)12-31-24(32)16-2-3-28-21(8-16)9-18-6-15(10-26)5-17-7-20(25)13-30-23(17)18/h2-8,11,13H,9,12H2,1H3,(H2,27,29)(H,31,32). The molecule has 3 N–H and O–H groups in total. The maximum atomic E-state index is 12.7. The van der Waals surface area contributed by atoms with E-state index in [1.807, 2.05) is 6.92 Å². The van der Waals surface area contributed by atoms with Gasteiger partial charge in [-0.05, 0) is 60.0 Å². The van der Waals surface area contributed by atoms with Crippen molar-refractivity contribution in [2.45, 2.75) is 19.9 Å². The van der Waals surface area contributed by atoms with Crippen LogP contribution in [0.25, 0.3) is 10.9 Å². The molecule has 0 aliphatic heterocycles. The maximum Gasteiger partial charge on any atom is 0.251 e. The molecule has 1 amide bonds. The molecule has 8 heteroatoms. The van der Waals surface area contributed by atoms with Gasteiger partial charge < -0.3 is 11.1 Å². The number of nitrogen functional groups attached to an aromatic ring is 1. The molecule has 4 aromatic rings. The number of aryl methyl sites for hydroxylation is 1. The van der Waals surface area contributed by atoms with E-state index in [1.165, 1.54) is 0 Å². The molecular formula is C24H19ClN6O. The first-order chi connectivity index (χ1) is 15.4. The van der Waals surface area contributed by atoms with Crippen molar-refractivity contribution >= 4 is 34.2 Å². The number of carbonyl (C=O) groups is 1. The van der Waals surface area contributed by atoms with Crippen LogP contribution in [0, 0.1) is 18.3 Å². The van der Waals surface area contributed by atoms with Crippen molar-refractivity contribution in [3.05, 3.63) is 93.5 Å². The molecule has 0 radical (unpaired) electrons. The molecule has 0 aliphatic rings. The number of rotatable bonds is 5. The first kappa shape index (κ1) is 21.2. The van der Waals surface area contributed by atoms with E-state index in [2.05, 4.69) is 26.3 Å². The van der Waals surface area contributed by atoms with Gasteiger partial charge in [-0.3, -0.25) is 14.8 Å². The molecule has 3 aromatic heterocycles. The Labute approximate surface area is 189 Å². The van der Waals surface area contributed by atoms with Crippen LogP contribution in [-0.2, 0) is 13.0 Å². The van der Waals surface area contributed by atoms with Crippen molar-refractivity contribution in [2.24, 2.45) is 0 Å². The molecule has 0 spiro atoms. The lowest BCUT2D eigenvalue weighted by molar-refractivity contribution is 0.0950. The van der Waals surface area contributed by atoms with Gasteiger partial charge in [-0.1, -0.05) is 11.6 Å². The number of nitriles is 1. The monoisotopic (exact) mass is 442 g/mol. The van der Waals surface area contributed by atoms with E-state index >= 15 is 0 Å². The van der Waals surface area contributed by atoms with Gasteiger partial charge in [0.05, 0.1) is 22.2 Å². The minimum Gasteiger partial charge on any atom is -0.384 e. The molecule has 158 valence electrons. The van der Waals surface area contributed by atoms with Gasteiger partial charge in [-0.2, -0.15) is 5.26 Å². The second-order valence-corrected chi connectivity index (χ2v) is 7.84. The van der Waals surface area contributed by atoms with E-state index in [0.717, 1.165) is 27.6 Å². The van der Waals surface area contributed by atoms with E-state index in [4.69, 9.17) is 17.3 Å². The molecule has 0 unspecified atom stereocenters. The number of nitrogens with two attached hydrogens (primary N) is 1. The van der Waals surface area contributed by atoms with Crippen LogP contribution in [-0.4, -0.2) is 20.9 Å². The number of nitrogens with zero attached hydrogens (tertiary/aromatic N) is 4. The van der Waals surface area contributed by atoms with Crippen LogP contribution < -0.4 is 11.1 Å². The number of hydrogen-bond donors (Lipinski definition) is 2. The molecule has 0 saturated carbocycles. The molecule has 0 atom stereocenters. The van der Waals surface area contributed by atoms with E-state index in [-0.39, 0.29) is 5.91 Å². The zero-order valence-corrected chi connectivity index (χ0v) is 18.0. The third kappa shape index (κ3) is 4.66. The number of nitrogens with one attached hydrogen (secondary N) is 1. The molecular weight excluding hydrogens is 424 g/mol. The van der Waals surface area contributed by atoms with Gasteiger partial charge in [-0.25, -0.2) is 4.98 Å². The van der Waals surface area contributed by atoms with Crippen molar-refractivity contribution in [1.29, 1.82) is 5.26 Å². The zero-order valence-electron chi connectivity index (χ0n) is 17.3. The molecule has 0 saturated heterocycles. The summed E-state index contributed by atoms with van der Waals surface area (Å²) in [6.45, 7) is 2.26.